The number of carboxylic acids is 1. The Bertz CT molecular complexity index is 1040. The van der Waals surface area contributed by atoms with Crippen molar-refractivity contribution in [3.8, 4) is 11.1 Å². The highest BCUT2D eigenvalue weighted by atomic mass is 16.5. The third-order valence-corrected chi connectivity index (χ3v) is 7.13. The molecule has 0 spiro atoms. The summed E-state index contributed by atoms with van der Waals surface area (Å²) in [5.41, 5.74) is 4.61. The molecule has 2 N–H and O–H groups in total. The number of hydrogen-bond donors (Lipinski definition) is 2. The lowest BCUT2D eigenvalue weighted by atomic mass is 9.87. The van der Waals surface area contributed by atoms with Crippen LogP contribution in [0.25, 0.3) is 11.1 Å². The predicted octanol–water partition coefficient (Wildman–Crippen LogP) is 3.50. The number of fused-ring (bicyclic) bond motifs is 3. The maximum atomic E-state index is 12.7. The van der Waals surface area contributed by atoms with Gasteiger partial charge in [-0.1, -0.05) is 55.5 Å². The van der Waals surface area contributed by atoms with Crippen LogP contribution in [0.15, 0.2) is 48.5 Å². The summed E-state index contributed by atoms with van der Waals surface area (Å²) in [6, 6.07) is 16.3. The van der Waals surface area contributed by atoms with Crippen LogP contribution in [0.5, 0.6) is 0 Å². The Kier molecular flexibility index (Phi) is 7.70. The first-order valence-corrected chi connectivity index (χ1v) is 12.0. The Hall–Kier alpha value is -3.39. The van der Waals surface area contributed by atoms with Crippen molar-refractivity contribution in [2.24, 2.45) is 11.8 Å². The van der Waals surface area contributed by atoms with E-state index in [1.165, 1.54) is 7.11 Å². The van der Waals surface area contributed by atoms with Gasteiger partial charge in [0.15, 0.2) is 0 Å². The monoisotopic (exact) mass is 480 g/mol. The van der Waals surface area contributed by atoms with Crippen LogP contribution in [0.1, 0.15) is 36.8 Å². The van der Waals surface area contributed by atoms with E-state index in [2.05, 4.69) is 29.6 Å². The van der Waals surface area contributed by atoms with Crippen molar-refractivity contribution >= 4 is 18.0 Å². The Morgan fingerprint density at radius 1 is 1.09 bits per heavy atom. The first-order valence-electron chi connectivity index (χ1n) is 12.0. The molecule has 2 aliphatic rings. The number of piperidine rings is 1. The van der Waals surface area contributed by atoms with Crippen LogP contribution in [-0.4, -0.2) is 67.4 Å². The summed E-state index contributed by atoms with van der Waals surface area (Å²) in [5.74, 6) is -1.48. The second-order valence-electron chi connectivity index (χ2n) is 9.32. The molecule has 3 unspecified atom stereocenters. The number of aliphatic carboxylic acids is 1. The van der Waals surface area contributed by atoms with Crippen LogP contribution in [0.4, 0.5) is 4.79 Å². The van der Waals surface area contributed by atoms with Crippen molar-refractivity contribution in [3.05, 3.63) is 59.7 Å². The third kappa shape index (κ3) is 5.48. The fourth-order valence-electron chi connectivity index (χ4n) is 5.15. The normalized spacial score (nSPS) is 20.0. The number of benzene rings is 2. The second kappa shape index (κ2) is 10.9. The molecule has 8 nitrogen and oxygen atoms in total. The van der Waals surface area contributed by atoms with Gasteiger partial charge in [-0.3, -0.25) is 9.59 Å². The molecule has 2 aromatic rings. The van der Waals surface area contributed by atoms with Crippen LogP contribution < -0.4 is 5.32 Å². The molecule has 0 radical (unpaired) electrons. The molecule has 1 fully saturated rings. The molecule has 0 saturated carbocycles. The molecule has 8 heteroatoms. The number of carbonyl (C=O) groups excluding carboxylic acids is 2. The third-order valence-electron chi connectivity index (χ3n) is 7.13. The number of alkyl carbamates (subject to hydrolysis) is 1. The minimum absolute atomic E-state index is 0.0244. The maximum absolute atomic E-state index is 12.7. The number of amides is 2. The Labute approximate surface area is 205 Å². The highest BCUT2D eigenvalue weighted by molar-refractivity contribution is 5.79. The van der Waals surface area contributed by atoms with Crippen LogP contribution >= 0.6 is 0 Å². The van der Waals surface area contributed by atoms with Crippen LogP contribution in [0, 0.1) is 11.8 Å². The number of carbonyl (C=O) groups is 3. The average Bonchev–Trinajstić information content (AvgIpc) is 3.18. The molecule has 35 heavy (non-hydrogen) atoms. The quantitative estimate of drug-likeness (QED) is 0.599. The smallest absolute Gasteiger partial charge is 0.407 e. The molecule has 0 aromatic heterocycles. The maximum Gasteiger partial charge on any atom is 0.407 e. The molecular weight excluding hydrogens is 448 g/mol. The lowest BCUT2D eigenvalue weighted by Gasteiger charge is -2.35. The zero-order chi connectivity index (χ0) is 24.9. The minimum Gasteiger partial charge on any atom is -0.481 e. The molecular formula is C27H32N2O6. The number of nitrogens with one attached hydrogen (secondary N) is 1. The molecule has 1 heterocycles. The van der Waals surface area contributed by atoms with Gasteiger partial charge in [0.25, 0.3) is 0 Å². The fraction of sp³-hybridized carbons (Fsp3) is 0.444. The van der Waals surface area contributed by atoms with E-state index < -0.39 is 24.1 Å². The van der Waals surface area contributed by atoms with Gasteiger partial charge in [-0.25, -0.2) is 4.79 Å². The van der Waals surface area contributed by atoms with E-state index in [1.54, 1.807) is 4.90 Å². The zero-order valence-corrected chi connectivity index (χ0v) is 20.1. The summed E-state index contributed by atoms with van der Waals surface area (Å²) >= 11 is 0. The van der Waals surface area contributed by atoms with Crippen LogP contribution in [-0.2, 0) is 19.1 Å². The highest BCUT2D eigenvalue weighted by Crippen LogP contribution is 2.44. The van der Waals surface area contributed by atoms with Gasteiger partial charge in [-0.2, -0.15) is 0 Å². The van der Waals surface area contributed by atoms with Crippen molar-refractivity contribution in [3.63, 3.8) is 0 Å². The Morgan fingerprint density at radius 3 is 2.29 bits per heavy atom. The Balaban J connectivity index is 1.26. The van der Waals surface area contributed by atoms with E-state index in [0.717, 1.165) is 22.3 Å². The largest absolute Gasteiger partial charge is 0.481 e. The van der Waals surface area contributed by atoms with Crippen LogP contribution in [0.3, 0.4) is 0 Å². The molecule has 2 aromatic carbocycles. The van der Waals surface area contributed by atoms with E-state index in [0.29, 0.717) is 19.5 Å². The second-order valence-corrected chi connectivity index (χ2v) is 9.32. The molecule has 4 rings (SSSR count). The lowest BCUT2D eigenvalue weighted by Crippen LogP contribution is -2.46. The number of carboxylic acid groups (broad SMARTS) is 1. The molecule has 1 aliphatic heterocycles. The molecule has 0 bridgehead atoms. The van der Waals surface area contributed by atoms with Crippen molar-refractivity contribution in [1.29, 1.82) is 0 Å². The SMILES string of the molecule is COC(CNC(=O)OCC1c2ccccc2-c2ccccc21)CC(=O)N1CCC(C(=O)O)C(C)C1. The fourth-order valence-corrected chi connectivity index (χ4v) is 5.15. The van der Waals surface area contributed by atoms with Gasteiger partial charge >= 0.3 is 12.1 Å². The topological polar surface area (TPSA) is 105 Å². The molecule has 1 aliphatic carbocycles. The first kappa shape index (κ1) is 24.7. The van der Waals surface area contributed by atoms with E-state index in [1.807, 2.05) is 31.2 Å². The van der Waals surface area contributed by atoms with Crippen LogP contribution in [0.2, 0.25) is 0 Å². The summed E-state index contributed by atoms with van der Waals surface area (Å²) in [4.78, 5) is 38.1. The van der Waals surface area contributed by atoms with Crippen molar-refractivity contribution in [2.45, 2.75) is 31.8 Å². The van der Waals surface area contributed by atoms with Crippen molar-refractivity contribution < 1.29 is 29.0 Å². The van der Waals surface area contributed by atoms with Gasteiger partial charge < -0.3 is 24.8 Å². The number of likely N-dealkylation sites (tertiary alicyclic amines) is 1. The summed E-state index contributed by atoms with van der Waals surface area (Å²) in [7, 11) is 1.50. The van der Waals surface area contributed by atoms with E-state index >= 15 is 0 Å². The highest BCUT2D eigenvalue weighted by Gasteiger charge is 2.34. The number of ether oxygens (including phenoxy) is 2. The van der Waals surface area contributed by atoms with Crippen molar-refractivity contribution in [1.82, 2.24) is 10.2 Å². The van der Waals surface area contributed by atoms with E-state index in [9.17, 15) is 19.5 Å². The van der Waals surface area contributed by atoms with E-state index in [-0.39, 0.29) is 37.3 Å². The van der Waals surface area contributed by atoms with Gasteiger partial charge in [0.2, 0.25) is 5.91 Å². The van der Waals surface area contributed by atoms with Gasteiger partial charge in [0, 0.05) is 32.7 Å². The summed E-state index contributed by atoms with van der Waals surface area (Å²) < 4.78 is 11.0. The number of rotatable bonds is 8. The lowest BCUT2D eigenvalue weighted by molar-refractivity contribution is -0.149. The number of methoxy groups -OCH3 is 1. The van der Waals surface area contributed by atoms with Gasteiger partial charge in [0.05, 0.1) is 18.4 Å². The van der Waals surface area contributed by atoms with Gasteiger partial charge in [-0.05, 0) is 34.6 Å². The number of nitrogens with zero attached hydrogens (tertiary/aromatic N) is 1. The van der Waals surface area contributed by atoms with Crippen molar-refractivity contribution in [2.75, 3.05) is 33.4 Å². The molecule has 186 valence electrons. The first-order chi connectivity index (χ1) is 16.9. The summed E-state index contributed by atoms with van der Waals surface area (Å²) in [6.45, 7) is 3.03. The molecule has 3 atom stereocenters. The standard InChI is InChI=1S/C27H32N2O6/c1-17-15-29(12-11-19(17)26(31)32)25(30)13-18(34-2)14-28-27(33)35-16-24-22-9-5-3-7-20(22)21-8-4-6-10-23(21)24/h3-10,17-19,24H,11-16H2,1-2H3,(H,28,33)(H,31,32). The van der Waals surface area contributed by atoms with Gasteiger partial charge in [-0.15, -0.1) is 0 Å². The molecule has 2 amide bonds. The average molecular weight is 481 g/mol. The number of hydrogen-bond acceptors (Lipinski definition) is 5. The van der Waals surface area contributed by atoms with Gasteiger partial charge in [0.1, 0.15) is 6.61 Å². The Morgan fingerprint density at radius 2 is 1.71 bits per heavy atom. The zero-order valence-electron chi connectivity index (χ0n) is 20.1. The molecule has 1 saturated heterocycles. The summed E-state index contributed by atoms with van der Waals surface area (Å²) in [5, 5.41) is 12.0. The van der Waals surface area contributed by atoms with E-state index in [4.69, 9.17) is 9.47 Å². The minimum atomic E-state index is -0.813. The predicted molar refractivity (Wildman–Crippen MR) is 130 cm³/mol. The summed E-state index contributed by atoms with van der Waals surface area (Å²) in [6.07, 6.45) is -0.518.